The quantitative estimate of drug-likeness (QED) is 0.417. The molecule has 1 aliphatic carbocycles. The molecule has 1 aromatic carbocycles. The fourth-order valence-electron chi connectivity index (χ4n) is 4.87. The van der Waals surface area contributed by atoms with Crippen LogP contribution in [-0.4, -0.2) is 52.1 Å². The number of hydrogen-bond acceptors (Lipinski definition) is 4. The highest BCUT2D eigenvalue weighted by Gasteiger charge is 2.33. The van der Waals surface area contributed by atoms with Gasteiger partial charge in [-0.25, -0.2) is 0 Å². The molecule has 1 saturated heterocycles. The van der Waals surface area contributed by atoms with Gasteiger partial charge in [-0.1, -0.05) is 17.7 Å². The molecule has 0 saturated carbocycles. The zero-order chi connectivity index (χ0) is 22.9. The summed E-state index contributed by atoms with van der Waals surface area (Å²) in [6, 6.07) is 12.0. The average molecular weight is 529 g/mol. The third-order valence-electron chi connectivity index (χ3n) is 6.56. The molecular weight excluding hydrogens is 504 g/mol. The number of nitrogens with zero attached hydrogens (tertiary/aromatic N) is 4. The van der Waals surface area contributed by atoms with Gasteiger partial charge in [0.1, 0.15) is 0 Å². The van der Waals surface area contributed by atoms with Crippen LogP contribution in [-0.2, 0) is 24.1 Å². The average Bonchev–Trinajstić information content (AvgIpc) is 2.97. The molecular formula is C25H25BrClN4O2+. The molecule has 1 atom stereocenters. The van der Waals surface area contributed by atoms with Crippen molar-refractivity contribution in [1.82, 2.24) is 14.8 Å². The predicted octanol–water partition coefficient (Wildman–Crippen LogP) is 3.60. The van der Waals surface area contributed by atoms with Crippen LogP contribution in [0.5, 0.6) is 0 Å². The third-order valence-corrected chi connectivity index (χ3v) is 7.23. The van der Waals surface area contributed by atoms with Crippen molar-refractivity contribution in [1.29, 1.82) is 0 Å². The predicted molar refractivity (Wildman–Crippen MR) is 128 cm³/mol. The number of fused-ring (bicyclic) bond motifs is 2. The van der Waals surface area contributed by atoms with E-state index in [9.17, 15) is 10.0 Å². The van der Waals surface area contributed by atoms with E-state index in [0.29, 0.717) is 19.5 Å². The van der Waals surface area contributed by atoms with Crippen LogP contribution >= 0.6 is 27.5 Å². The normalized spacial score (nSPS) is 18.4. The Morgan fingerprint density at radius 1 is 1.09 bits per heavy atom. The topological polar surface area (TPSA) is 60.6 Å². The minimum Gasteiger partial charge on any atom is -0.340 e. The molecule has 0 spiro atoms. The number of aryl methyl sites for hydroxylation is 2. The summed E-state index contributed by atoms with van der Waals surface area (Å²) in [4.78, 5) is 22.1. The zero-order valence-electron chi connectivity index (χ0n) is 18.1. The zero-order valence-corrected chi connectivity index (χ0v) is 20.5. The monoisotopic (exact) mass is 527 g/mol. The van der Waals surface area contributed by atoms with Gasteiger partial charge in [0.25, 0.3) is 0 Å². The highest BCUT2D eigenvalue weighted by molar-refractivity contribution is 9.10. The van der Waals surface area contributed by atoms with Gasteiger partial charge < -0.3 is 4.90 Å². The van der Waals surface area contributed by atoms with Crippen LogP contribution < -0.4 is 4.73 Å². The van der Waals surface area contributed by atoms with Crippen molar-refractivity contribution >= 4 is 33.4 Å². The van der Waals surface area contributed by atoms with Crippen LogP contribution in [0.2, 0.25) is 5.02 Å². The molecule has 0 radical (unpaired) electrons. The lowest BCUT2D eigenvalue weighted by atomic mass is 9.96. The van der Waals surface area contributed by atoms with E-state index in [4.69, 9.17) is 16.6 Å². The summed E-state index contributed by atoms with van der Waals surface area (Å²) in [5.74, 6) is 0.112. The number of benzene rings is 1. The fraction of sp³-hybridized carbons (Fsp3) is 0.320. The van der Waals surface area contributed by atoms with Crippen LogP contribution in [0.4, 0.5) is 0 Å². The molecule has 1 amide bonds. The number of rotatable bonds is 3. The number of hydrogen-bond donors (Lipinski definition) is 1. The first kappa shape index (κ1) is 22.3. The lowest BCUT2D eigenvalue weighted by Crippen LogP contribution is -2.50. The molecule has 1 N–H and O–H groups in total. The largest absolute Gasteiger partial charge is 0.340 e. The van der Waals surface area contributed by atoms with Gasteiger partial charge in [0, 0.05) is 58.7 Å². The summed E-state index contributed by atoms with van der Waals surface area (Å²) in [6.07, 6.45) is 7.15. The first-order chi connectivity index (χ1) is 16.0. The van der Waals surface area contributed by atoms with Crippen LogP contribution in [0, 0.1) is 0 Å². The van der Waals surface area contributed by atoms with Crippen LogP contribution in [0.3, 0.4) is 0 Å². The number of pyridine rings is 2. The minimum atomic E-state index is 0.0502. The Kier molecular flexibility index (Phi) is 6.36. The van der Waals surface area contributed by atoms with Gasteiger partial charge in [0.2, 0.25) is 18.3 Å². The van der Waals surface area contributed by atoms with Gasteiger partial charge in [-0.3, -0.25) is 19.9 Å². The van der Waals surface area contributed by atoms with Crippen molar-refractivity contribution in [3.63, 3.8) is 0 Å². The van der Waals surface area contributed by atoms with Crippen molar-refractivity contribution in [2.24, 2.45) is 0 Å². The standard InChI is InChI=1S/C25H25BrClN4O2/c26-20-14-19-2-1-18-15-21(27)3-4-22(18)25(24(19)28-16-20)30-11-9-29(10-12-30)23(32)13-17-5-7-31(33)8-6-17/h3-8,14-16,25,33H,1-2,9-13H2/q+1. The number of amides is 1. The van der Waals surface area contributed by atoms with Crippen molar-refractivity contribution in [2.75, 3.05) is 26.2 Å². The summed E-state index contributed by atoms with van der Waals surface area (Å²) in [6.45, 7) is 2.91. The van der Waals surface area contributed by atoms with Crippen molar-refractivity contribution in [2.45, 2.75) is 25.3 Å². The molecule has 0 bridgehead atoms. The van der Waals surface area contributed by atoms with Gasteiger partial charge in [0.15, 0.2) is 0 Å². The van der Waals surface area contributed by atoms with Gasteiger partial charge in [-0.05, 0) is 69.2 Å². The second-order valence-corrected chi connectivity index (χ2v) is 9.98. The number of carbonyl (C=O) groups excluding carboxylic acids is 1. The SMILES string of the molecule is O=C(Cc1cc[n+](O)cc1)N1CCN(C2c3ccc(Cl)cc3CCc3cc(Br)cnc32)CC1. The summed E-state index contributed by atoms with van der Waals surface area (Å²) in [5.41, 5.74) is 5.77. The van der Waals surface area contributed by atoms with Gasteiger partial charge in [-0.15, -0.1) is 0 Å². The summed E-state index contributed by atoms with van der Waals surface area (Å²) in [7, 11) is 0. The van der Waals surface area contributed by atoms with E-state index in [-0.39, 0.29) is 11.9 Å². The second-order valence-electron chi connectivity index (χ2n) is 8.62. The molecule has 1 fully saturated rings. The molecule has 2 aliphatic rings. The Morgan fingerprint density at radius 2 is 1.82 bits per heavy atom. The molecule has 1 aliphatic heterocycles. The minimum absolute atomic E-state index is 0.0502. The Hall–Kier alpha value is -2.48. The highest BCUT2D eigenvalue weighted by Crippen LogP contribution is 2.38. The number of piperazine rings is 1. The number of carbonyl (C=O) groups is 1. The molecule has 6 nitrogen and oxygen atoms in total. The molecule has 5 rings (SSSR count). The maximum Gasteiger partial charge on any atom is 0.227 e. The fourth-order valence-corrected chi connectivity index (χ4v) is 5.44. The Bertz CT molecular complexity index is 1130. The number of aromatic nitrogens is 2. The third kappa shape index (κ3) is 4.76. The number of halogens is 2. The molecule has 3 heterocycles. The lowest BCUT2D eigenvalue weighted by molar-refractivity contribution is -0.904. The first-order valence-corrected chi connectivity index (χ1v) is 12.3. The van der Waals surface area contributed by atoms with Crippen molar-refractivity contribution < 1.29 is 14.7 Å². The lowest BCUT2D eigenvalue weighted by Gasteiger charge is -2.40. The van der Waals surface area contributed by atoms with E-state index in [1.807, 2.05) is 17.2 Å². The van der Waals surface area contributed by atoms with Crippen molar-refractivity contribution in [3.05, 3.63) is 92.4 Å². The van der Waals surface area contributed by atoms with Gasteiger partial charge >= 0.3 is 0 Å². The van der Waals surface area contributed by atoms with E-state index >= 15 is 0 Å². The highest BCUT2D eigenvalue weighted by atomic mass is 79.9. The van der Waals surface area contributed by atoms with E-state index in [1.54, 1.807) is 24.5 Å². The van der Waals surface area contributed by atoms with Crippen LogP contribution in [0.25, 0.3) is 0 Å². The summed E-state index contributed by atoms with van der Waals surface area (Å²) < 4.78 is 1.97. The van der Waals surface area contributed by atoms with E-state index in [0.717, 1.165) is 51.4 Å². The summed E-state index contributed by atoms with van der Waals surface area (Å²) in [5, 5.41) is 10.1. The molecule has 33 heavy (non-hydrogen) atoms. The first-order valence-electron chi connectivity index (χ1n) is 11.1. The Morgan fingerprint density at radius 3 is 2.58 bits per heavy atom. The molecule has 1 unspecified atom stereocenters. The van der Waals surface area contributed by atoms with Gasteiger partial charge in [-0.2, -0.15) is 0 Å². The Labute approximate surface area is 206 Å². The second kappa shape index (κ2) is 9.41. The van der Waals surface area contributed by atoms with E-state index in [2.05, 4.69) is 39.0 Å². The van der Waals surface area contributed by atoms with Gasteiger partial charge in [0.05, 0.1) is 18.2 Å². The molecule has 8 heteroatoms. The molecule has 3 aromatic rings. The maximum atomic E-state index is 12.9. The van der Waals surface area contributed by atoms with Crippen LogP contribution in [0.15, 0.2) is 59.5 Å². The smallest absolute Gasteiger partial charge is 0.227 e. The summed E-state index contributed by atoms with van der Waals surface area (Å²) >= 11 is 9.91. The molecule has 2 aromatic heterocycles. The Balaban J connectivity index is 1.36. The molecule has 170 valence electrons. The van der Waals surface area contributed by atoms with E-state index in [1.165, 1.54) is 16.7 Å². The van der Waals surface area contributed by atoms with Crippen LogP contribution in [0.1, 0.15) is 34.0 Å². The van der Waals surface area contributed by atoms with E-state index < -0.39 is 0 Å². The van der Waals surface area contributed by atoms with Crippen molar-refractivity contribution in [3.8, 4) is 0 Å². The maximum absolute atomic E-state index is 12.9.